The third kappa shape index (κ3) is 4.48. The van der Waals surface area contributed by atoms with Crippen LogP contribution in [0.3, 0.4) is 0 Å². The van der Waals surface area contributed by atoms with Crippen molar-refractivity contribution in [3.05, 3.63) is 57.0 Å². The van der Waals surface area contributed by atoms with Gasteiger partial charge >= 0.3 is 0 Å². The molecule has 31 heavy (non-hydrogen) atoms. The summed E-state index contributed by atoms with van der Waals surface area (Å²) in [5.41, 5.74) is -0.382. The lowest BCUT2D eigenvalue weighted by molar-refractivity contribution is -0.135. The van der Waals surface area contributed by atoms with Crippen LogP contribution in [-0.4, -0.2) is 45.1 Å². The molecule has 3 atom stereocenters. The lowest BCUT2D eigenvalue weighted by atomic mass is 10.1. The average Bonchev–Trinajstić information content (AvgIpc) is 3.54. The number of aliphatic hydroxyl groups excluding tert-OH is 1. The fourth-order valence-electron chi connectivity index (χ4n) is 3.88. The molecule has 0 bridgehead atoms. The molecule has 3 unspecified atom stereocenters. The molecule has 1 aromatic heterocycles. The Balaban J connectivity index is 1.52. The third-order valence-electron chi connectivity index (χ3n) is 5.60. The van der Waals surface area contributed by atoms with Gasteiger partial charge in [0.1, 0.15) is 11.6 Å². The fraction of sp³-hybridized carbons (Fsp3) is 0.429. The number of β-amino-alcohol motifs (C(OH)–C–C–N with tert-alkyl or cyclic N) is 1. The molecule has 1 aromatic carbocycles. The number of H-pyrrole nitrogens is 1. The van der Waals surface area contributed by atoms with E-state index in [1.54, 1.807) is 4.90 Å². The summed E-state index contributed by atoms with van der Waals surface area (Å²) in [5.74, 6) is -2.72. The van der Waals surface area contributed by atoms with Crippen molar-refractivity contribution in [2.45, 2.75) is 42.2 Å². The van der Waals surface area contributed by atoms with Crippen molar-refractivity contribution < 1.29 is 18.7 Å². The number of halogens is 2. The number of aromatic amines is 1. The second kappa shape index (κ2) is 8.77. The number of carbonyl (C=O) groups excluding carboxylic acids is 1. The molecule has 0 spiro atoms. The zero-order valence-electron chi connectivity index (χ0n) is 16.5. The molecule has 7 nitrogen and oxygen atoms in total. The first-order valence-electron chi connectivity index (χ1n) is 9.96. The first kappa shape index (κ1) is 21.5. The van der Waals surface area contributed by atoms with E-state index in [0.717, 1.165) is 24.2 Å². The summed E-state index contributed by atoms with van der Waals surface area (Å²) in [5, 5.41) is 19.4. The zero-order valence-corrected chi connectivity index (χ0v) is 17.3. The van der Waals surface area contributed by atoms with Crippen molar-refractivity contribution in [1.29, 1.82) is 5.26 Å². The van der Waals surface area contributed by atoms with Gasteiger partial charge in [-0.2, -0.15) is 5.26 Å². The summed E-state index contributed by atoms with van der Waals surface area (Å²) in [6.07, 6.45) is 1.33. The molecule has 2 N–H and O–H groups in total. The maximum atomic E-state index is 13.9. The van der Waals surface area contributed by atoms with E-state index in [9.17, 15) is 28.7 Å². The molecule has 0 radical (unpaired) electrons. The highest BCUT2D eigenvalue weighted by Crippen LogP contribution is 2.48. The summed E-state index contributed by atoms with van der Waals surface area (Å²) in [7, 11) is 0. The van der Waals surface area contributed by atoms with Gasteiger partial charge in [-0.1, -0.05) is 23.9 Å². The molecule has 2 fully saturated rings. The normalized spacial score (nSPS) is 22.8. The highest BCUT2D eigenvalue weighted by Gasteiger charge is 2.48. The van der Waals surface area contributed by atoms with E-state index in [2.05, 4.69) is 9.97 Å². The van der Waals surface area contributed by atoms with Crippen molar-refractivity contribution in [2.75, 3.05) is 13.1 Å². The van der Waals surface area contributed by atoms with Gasteiger partial charge in [0, 0.05) is 36.2 Å². The minimum atomic E-state index is -0.956. The van der Waals surface area contributed by atoms with E-state index in [1.165, 1.54) is 12.1 Å². The topological polar surface area (TPSA) is 110 Å². The molecule has 162 valence electrons. The van der Waals surface area contributed by atoms with Crippen molar-refractivity contribution in [1.82, 2.24) is 14.9 Å². The number of thioether (sulfide) groups is 1. The van der Waals surface area contributed by atoms with Crippen LogP contribution < -0.4 is 5.56 Å². The molecular formula is C21H20F2N4O3S. The second-order valence-corrected chi connectivity index (χ2v) is 8.74. The molecule has 1 saturated heterocycles. The van der Waals surface area contributed by atoms with Gasteiger partial charge in [-0.15, -0.1) is 0 Å². The molecule has 1 saturated carbocycles. The number of nitriles is 1. The number of carbonyl (C=O) groups is 1. The number of amides is 1. The fourth-order valence-corrected chi connectivity index (χ4v) is 4.72. The van der Waals surface area contributed by atoms with E-state index in [0.29, 0.717) is 19.4 Å². The quantitative estimate of drug-likeness (QED) is 0.539. The van der Waals surface area contributed by atoms with E-state index >= 15 is 0 Å². The summed E-state index contributed by atoms with van der Waals surface area (Å²) < 4.78 is 27.3. The summed E-state index contributed by atoms with van der Waals surface area (Å²) in [6, 6.07) is 5.72. The predicted molar refractivity (Wildman–Crippen MR) is 108 cm³/mol. The number of nitrogens with zero attached hydrogens (tertiary/aromatic N) is 3. The van der Waals surface area contributed by atoms with Crippen LogP contribution in [0.25, 0.3) is 0 Å². The summed E-state index contributed by atoms with van der Waals surface area (Å²) in [6.45, 7) is 0.865. The van der Waals surface area contributed by atoms with Crippen LogP contribution in [0.2, 0.25) is 0 Å². The molecule has 2 heterocycles. The molecule has 1 aliphatic carbocycles. The zero-order chi connectivity index (χ0) is 22.1. The van der Waals surface area contributed by atoms with Crippen molar-refractivity contribution >= 4 is 17.7 Å². The van der Waals surface area contributed by atoms with Crippen LogP contribution in [0.15, 0.2) is 28.2 Å². The molecule has 2 aliphatic rings. The highest BCUT2D eigenvalue weighted by molar-refractivity contribution is 7.98. The Labute approximate surface area is 181 Å². The lowest BCUT2D eigenvalue weighted by Gasteiger charge is -2.30. The van der Waals surface area contributed by atoms with Crippen LogP contribution >= 0.6 is 11.8 Å². The Morgan fingerprint density at radius 2 is 2.23 bits per heavy atom. The van der Waals surface area contributed by atoms with Gasteiger partial charge in [0.2, 0.25) is 5.91 Å². The Hall–Kier alpha value is -2.77. The second-order valence-electron chi connectivity index (χ2n) is 7.77. The van der Waals surface area contributed by atoms with Gasteiger partial charge < -0.3 is 15.0 Å². The number of rotatable bonds is 5. The number of aromatic nitrogens is 2. The molecule has 1 aliphatic heterocycles. The maximum Gasteiger partial charge on any atom is 0.269 e. The van der Waals surface area contributed by atoms with Crippen LogP contribution in [0, 0.1) is 28.9 Å². The Bertz CT molecular complexity index is 1120. The third-order valence-corrected chi connectivity index (χ3v) is 6.52. The first-order chi connectivity index (χ1) is 14.9. The number of hydrogen-bond donors (Lipinski definition) is 2. The van der Waals surface area contributed by atoms with E-state index in [1.807, 2.05) is 6.07 Å². The van der Waals surface area contributed by atoms with Gasteiger partial charge in [-0.3, -0.25) is 9.59 Å². The SMILES string of the molecule is N#Cc1c(C2CC2C(=O)N2CCCC(O)C2)nc(SCc2cccc(F)c2F)[nH]c1=O. The van der Waals surface area contributed by atoms with E-state index in [-0.39, 0.29) is 52.0 Å². The van der Waals surface area contributed by atoms with Crippen LogP contribution in [0.5, 0.6) is 0 Å². The van der Waals surface area contributed by atoms with Gasteiger partial charge in [-0.05, 0) is 25.3 Å². The number of nitrogens with one attached hydrogen (secondary N) is 1. The Morgan fingerprint density at radius 3 is 2.97 bits per heavy atom. The Kier molecular flexibility index (Phi) is 6.07. The summed E-state index contributed by atoms with van der Waals surface area (Å²) >= 11 is 1.02. The minimum absolute atomic E-state index is 0.0383. The van der Waals surface area contributed by atoms with Gasteiger partial charge in [-0.25, -0.2) is 13.8 Å². The monoisotopic (exact) mass is 446 g/mol. The molecule has 2 aromatic rings. The number of hydrogen-bond acceptors (Lipinski definition) is 6. The number of piperidine rings is 1. The molecular weight excluding hydrogens is 426 g/mol. The molecule has 10 heteroatoms. The van der Waals surface area contributed by atoms with Crippen LogP contribution in [0.4, 0.5) is 8.78 Å². The maximum absolute atomic E-state index is 13.9. The van der Waals surface area contributed by atoms with Gasteiger partial charge in [0.25, 0.3) is 5.56 Å². The average molecular weight is 446 g/mol. The molecule has 4 rings (SSSR count). The lowest BCUT2D eigenvalue weighted by Crippen LogP contribution is -2.43. The highest BCUT2D eigenvalue weighted by atomic mass is 32.2. The number of likely N-dealkylation sites (tertiary alicyclic amines) is 1. The van der Waals surface area contributed by atoms with Crippen molar-refractivity contribution in [2.24, 2.45) is 5.92 Å². The predicted octanol–water partition coefficient (Wildman–Crippen LogP) is 2.30. The standard InChI is InChI=1S/C21H20F2N4O3S/c22-16-5-1-3-11(17(16)23)10-31-21-25-18(15(8-24)19(29)26-21)13-7-14(13)20(30)27-6-2-4-12(28)9-27/h1,3,5,12-14,28H,2,4,6-7,9-10H2,(H,25,26,29). The number of aliphatic hydroxyl groups is 1. The van der Waals surface area contributed by atoms with Crippen LogP contribution in [0.1, 0.15) is 42.0 Å². The van der Waals surface area contributed by atoms with Crippen molar-refractivity contribution in [3.8, 4) is 6.07 Å². The summed E-state index contributed by atoms with van der Waals surface area (Å²) in [4.78, 5) is 33.7. The number of benzene rings is 1. The first-order valence-corrected chi connectivity index (χ1v) is 10.9. The molecule has 1 amide bonds. The van der Waals surface area contributed by atoms with Gasteiger partial charge in [0.15, 0.2) is 16.8 Å². The smallest absolute Gasteiger partial charge is 0.269 e. The van der Waals surface area contributed by atoms with E-state index in [4.69, 9.17) is 0 Å². The van der Waals surface area contributed by atoms with Crippen molar-refractivity contribution in [3.63, 3.8) is 0 Å². The largest absolute Gasteiger partial charge is 0.391 e. The van der Waals surface area contributed by atoms with Gasteiger partial charge in [0.05, 0.1) is 11.8 Å². The van der Waals surface area contributed by atoms with E-state index < -0.39 is 23.3 Å². The Morgan fingerprint density at radius 1 is 1.42 bits per heavy atom. The van der Waals surface area contributed by atoms with Crippen LogP contribution in [-0.2, 0) is 10.5 Å². The minimum Gasteiger partial charge on any atom is -0.391 e.